The second-order valence-corrected chi connectivity index (χ2v) is 12.3. The van der Waals surface area contributed by atoms with Crippen molar-refractivity contribution in [3.05, 3.63) is 114 Å². The number of aromatic nitrogens is 2. The Morgan fingerprint density at radius 3 is 1.94 bits per heavy atom. The molecule has 0 unspecified atom stereocenters. The van der Waals surface area contributed by atoms with Gasteiger partial charge in [-0.05, 0) is 49.6 Å². The van der Waals surface area contributed by atoms with E-state index in [9.17, 15) is 19.2 Å². The predicted octanol–water partition coefficient (Wildman–Crippen LogP) is 5.07. The number of nitrogens with one attached hydrogen (secondary N) is 2. The molecule has 1 heterocycles. The summed E-state index contributed by atoms with van der Waals surface area (Å²) in [4.78, 5) is 55.5. The number of hydrogen-bond acceptors (Lipinski definition) is 10. The summed E-state index contributed by atoms with van der Waals surface area (Å²) in [5, 5.41) is 5.20. The molecule has 0 spiro atoms. The average Bonchev–Trinajstić information content (AvgIpc) is 3.57. The maximum atomic E-state index is 13.3. The van der Waals surface area contributed by atoms with Crippen LogP contribution in [0.1, 0.15) is 43.2 Å². The number of esters is 2. The minimum absolute atomic E-state index is 0.0112. The Morgan fingerprint density at radius 1 is 0.740 bits per heavy atom. The first-order chi connectivity index (χ1) is 23.9. The number of benzene rings is 3. The minimum Gasteiger partial charge on any atom is -0.495 e. The number of methoxy groups -OCH3 is 2. The number of nitrogens with zero attached hydrogens (tertiary/aromatic N) is 2. The maximum Gasteiger partial charge on any atom is 0.408 e. The van der Waals surface area contributed by atoms with Gasteiger partial charge in [-0.3, -0.25) is 0 Å². The molecular weight excluding hydrogens is 644 g/mol. The Morgan fingerprint density at radius 2 is 1.34 bits per heavy atom. The standard InChI is InChI=1S/C37H42N4O9/c1-37(2,3)50-36(45)40-29(34(43)48-22-25-12-8-6-9-13-25)18-27-16-17-32(46-4)31(19-27)41-21-28(38-24-41)20-30(33(42)47-5)39-35(44)49-23-26-14-10-7-11-15-26/h6-17,19,21,24,29-30H,18,20,22-23H2,1-5H3,(H,39,44)(H,40,45)/t29-,30-/m0/s1. The lowest BCUT2D eigenvalue weighted by Crippen LogP contribution is -2.45. The van der Waals surface area contributed by atoms with Gasteiger partial charge in [0.2, 0.25) is 0 Å². The summed E-state index contributed by atoms with van der Waals surface area (Å²) in [7, 11) is 2.74. The highest BCUT2D eigenvalue weighted by atomic mass is 16.6. The molecule has 50 heavy (non-hydrogen) atoms. The van der Waals surface area contributed by atoms with Crippen molar-refractivity contribution in [2.24, 2.45) is 0 Å². The maximum absolute atomic E-state index is 13.3. The Hall–Kier alpha value is -5.85. The average molecular weight is 687 g/mol. The number of carbonyl (C=O) groups is 4. The minimum atomic E-state index is -1.07. The van der Waals surface area contributed by atoms with Crippen molar-refractivity contribution in [2.45, 2.75) is 64.5 Å². The van der Waals surface area contributed by atoms with Crippen LogP contribution in [0.4, 0.5) is 9.59 Å². The molecule has 0 radical (unpaired) electrons. The highest BCUT2D eigenvalue weighted by molar-refractivity contribution is 5.82. The quantitative estimate of drug-likeness (QED) is 0.136. The smallest absolute Gasteiger partial charge is 0.408 e. The molecule has 2 N–H and O–H groups in total. The molecule has 3 aromatic carbocycles. The number of alkyl carbamates (subject to hydrolysis) is 2. The van der Waals surface area contributed by atoms with Gasteiger partial charge in [-0.15, -0.1) is 0 Å². The fourth-order valence-corrected chi connectivity index (χ4v) is 4.82. The van der Waals surface area contributed by atoms with E-state index in [1.165, 1.54) is 20.5 Å². The third-order valence-corrected chi connectivity index (χ3v) is 7.20. The Labute approximate surface area is 290 Å². The van der Waals surface area contributed by atoms with E-state index in [0.29, 0.717) is 22.7 Å². The summed E-state index contributed by atoms with van der Waals surface area (Å²) in [6, 6.07) is 21.5. The number of ether oxygens (including phenoxy) is 5. The van der Waals surface area contributed by atoms with Gasteiger partial charge in [-0.25, -0.2) is 24.2 Å². The fraction of sp³-hybridized carbons (Fsp3) is 0.324. The highest BCUT2D eigenvalue weighted by Crippen LogP contribution is 2.26. The number of amides is 2. The highest BCUT2D eigenvalue weighted by Gasteiger charge is 2.27. The molecule has 2 amide bonds. The van der Waals surface area contributed by atoms with E-state index in [4.69, 9.17) is 23.7 Å². The van der Waals surface area contributed by atoms with Crippen molar-refractivity contribution in [2.75, 3.05) is 14.2 Å². The van der Waals surface area contributed by atoms with Crippen molar-refractivity contribution < 1.29 is 42.9 Å². The first kappa shape index (κ1) is 37.0. The number of rotatable bonds is 14. The molecule has 0 aliphatic rings. The zero-order valence-corrected chi connectivity index (χ0v) is 28.7. The lowest BCUT2D eigenvalue weighted by Gasteiger charge is -2.23. The molecule has 0 saturated carbocycles. The monoisotopic (exact) mass is 686 g/mol. The van der Waals surface area contributed by atoms with Crippen LogP contribution in [-0.2, 0) is 54.6 Å². The van der Waals surface area contributed by atoms with Gasteiger partial charge in [0.25, 0.3) is 0 Å². The van der Waals surface area contributed by atoms with Crippen LogP contribution in [0.2, 0.25) is 0 Å². The summed E-state index contributed by atoms with van der Waals surface area (Å²) in [6.45, 7) is 5.25. The van der Waals surface area contributed by atoms with E-state index in [2.05, 4.69) is 15.6 Å². The van der Waals surface area contributed by atoms with Gasteiger partial charge in [0.05, 0.1) is 31.9 Å². The molecule has 13 heteroatoms. The molecule has 0 aliphatic heterocycles. The van der Waals surface area contributed by atoms with Crippen molar-refractivity contribution in [3.63, 3.8) is 0 Å². The van der Waals surface area contributed by atoms with Crippen LogP contribution in [0.5, 0.6) is 5.75 Å². The summed E-state index contributed by atoms with van der Waals surface area (Å²) < 4.78 is 28.4. The van der Waals surface area contributed by atoms with Crippen LogP contribution in [0.25, 0.3) is 5.69 Å². The van der Waals surface area contributed by atoms with Gasteiger partial charge in [0.15, 0.2) is 0 Å². The fourth-order valence-electron chi connectivity index (χ4n) is 4.82. The van der Waals surface area contributed by atoms with Crippen LogP contribution in [0.15, 0.2) is 91.4 Å². The second-order valence-electron chi connectivity index (χ2n) is 12.3. The topological polar surface area (TPSA) is 156 Å². The Kier molecular flexibility index (Phi) is 13.0. The van der Waals surface area contributed by atoms with Crippen LogP contribution in [-0.4, -0.2) is 65.6 Å². The first-order valence-electron chi connectivity index (χ1n) is 15.9. The SMILES string of the molecule is COC(=O)[C@H](Cc1cn(-c2cc(C[C@H](NC(=O)OC(C)(C)C)C(=O)OCc3ccccc3)ccc2OC)cn1)NC(=O)OCc1ccccc1. The summed E-state index contributed by atoms with van der Waals surface area (Å²) >= 11 is 0. The van der Waals surface area contributed by atoms with E-state index >= 15 is 0 Å². The first-order valence-corrected chi connectivity index (χ1v) is 15.9. The number of imidazole rings is 1. The van der Waals surface area contributed by atoms with Crippen LogP contribution < -0.4 is 15.4 Å². The molecule has 0 aliphatic carbocycles. The Balaban J connectivity index is 1.50. The molecule has 0 bridgehead atoms. The van der Waals surface area contributed by atoms with Gasteiger partial charge in [-0.2, -0.15) is 0 Å². The van der Waals surface area contributed by atoms with Crippen molar-refractivity contribution in [3.8, 4) is 11.4 Å². The Bertz CT molecular complexity index is 1740. The molecule has 2 atom stereocenters. The molecular formula is C37H42N4O9. The van der Waals surface area contributed by atoms with Gasteiger partial charge >= 0.3 is 24.1 Å². The van der Waals surface area contributed by atoms with Crippen molar-refractivity contribution in [1.82, 2.24) is 20.2 Å². The molecule has 1 aromatic heterocycles. The number of carbonyl (C=O) groups excluding carboxylic acids is 4. The molecule has 264 valence electrons. The van der Waals surface area contributed by atoms with E-state index < -0.39 is 41.8 Å². The second kappa shape index (κ2) is 17.5. The molecule has 4 rings (SSSR count). The van der Waals surface area contributed by atoms with E-state index in [0.717, 1.165) is 11.1 Å². The van der Waals surface area contributed by atoms with Gasteiger partial charge in [-0.1, -0.05) is 66.7 Å². The molecule has 0 fully saturated rings. The largest absolute Gasteiger partial charge is 0.495 e. The van der Waals surface area contributed by atoms with Gasteiger partial charge < -0.3 is 38.9 Å². The molecule has 0 saturated heterocycles. The van der Waals surface area contributed by atoms with E-state index in [1.54, 1.807) is 49.7 Å². The normalized spacial score (nSPS) is 12.2. The summed E-state index contributed by atoms with van der Waals surface area (Å²) in [5.41, 5.74) is 2.52. The van der Waals surface area contributed by atoms with Crippen molar-refractivity contribution >= 4 is 24.1 Å². The third kappa shape index (κ3) is 11.4. The predicted molar refractivity (Wildman–Crippen MR) is 182 cm³/mol. The van der Waals surface area contributed by atoms with Crippen molar-refractivity contribution in [1.29, 1.82) is 0 Å². The lowest BCUT2D eigenvalue weighted by atomic mass is 10.0. The van der Waals surface area contributed by atoms with Gasteiger partial charge in [0, 0.05) is 19.0 Å². The zero-order chi connectivity index (χ0) is 36.1. The number of hydrogen-bond donors (Lipinski definition) is 2. The molecule has 4 aromatic rings. The third-order valence-electron chi connectivity index (χ3n) is 7.20. The summed E-state index contributed by atoms with van der Waals surface area (Å²) in [5.74, 6) is -0.808. The van der Waals surface area contributed by atoms with E-state index in [-0.39, 0.29) is 26.1 Å². The van der Waals surface area contributed by atoms with Crippen LogP contribution >= 0.6 is 0 Å². The van der Waals surface area contributed by atoms with Crippen LogP contribution in [0, 0.1) is 0 Å². The zero-order valence-electron chi connectivity index (χ0n) is 28.7. The lowest BCUT2D eigenvalue weighted by molar-refractivity contribution is -0.147. The van der Waals surface area contributed by atoms with Crippen LogP contribution in [0.3, 0.4) is 0 Å². The summed E-state index contributed by atoms with van der Waals surface area (Å²) in [6.07, 6.45) is 1.75. The van der Waals surface area contributed by atoms with E-state index in [1.807, 2.05) is 60.7 Å². The molecule has 13 nitrogen and oxygen atoms in total. The van der Waals surface area contributed by atoms with Gasteiger partial charge in [0.1, 0.15) is 36.6 Å².